The largest absolute Gasteiger partial charge is 0.458 e. The molecule has 130 valence electrons. The first kappa shape index (κ1) is 20.8. The number of rotatable bonds is 11. The van der Waals surface area contributed by atoms with Gasteiger partial charge in [0, 0.05) is 24.3 Å². The first-order valence-corrected chi connectivity index (χ1v) is 6.55. The van der Waals surface area contributed by atoms with Crippen LogP contribution in [0.5, 0.6) is 0 Å². The van der Waals surface area contributed by atoms with Crippen LogP contribution in [0.25, 0.3) is 0 Å². The van der Waals surface area contributed by atoms with E-state index in [1.807, 2.05) is 0 Å². The molecule has 8 heteroatoms. The van der Waals surface area contributed by atoms with Crippen molar-refractivity contribution in [3.8, 4) is 0 Å². The van der Waals surface area contributed by atoms with Crippen LogP contribution in [-0.2, 0) is 38.1 Å². The first-order chi connectivity index (χ1) is 11.3. The predicted octanol–water partition coefficient (Wildman–Crippen LogP) is 0.642. The van der Waals surface area contributed by atoms with Crippen LogP contribution in [0.15, 0.2) is 50.6 Å². The summed E-state index contributed by atoms with van der Waals surface area (Å²) in [6.07, 6.45) is 3.48. The molecule has 0 amide bonds. The lowest BCUT2D eigenvalue weighted by molar-refractivity contribution is -0.189. The van der Waals surface area contributed by atoms with Crippen LogP contribution in [0.4, 0.5) is 0 Å². The Labute approximate surface area is 139 Å². The molecule has 0 aromatic carbocycles. The maximum Gasteiger partial charge on any atom is 0.331 e. The number of ether oxygens (including phenoxy) is 4. The molecule has 8 nitrogen and oxygen atoms in total. The normalized spacial score (nSPS) is 9.83. The fraction of sp³-hybridized carbons (Fsp3) is 0.250. The second-order valence-corrected chi connectivity index (χ2v) is 4.24. The molecular weight excluding hydrogens is 320 g/mol. The molecule has 0 aliphatic rings. The minimum absolute atomic E-state index is 0.563. The Morgan fingerprint density at radius 2 is 0.917 bits per heavy atom. The van der Waals surface area contributed by atoms with Crippen LogP contribution in [0, 0.1) is 0 Å². The maximum absolute atomic E-state index is 11.5. The molecular formula is C16H18O8. The molecule has 0 radical (unpaired) electrons. The van der Waals surface area contributed by atoms with Crippen LogP contribution in [0.2, 0.25) is 0 Å². The lowest BCUT2D eigenvalue weighted by Crippen LogP contribution is -2.49. The highest BCUT2D eigenvalue weighted by molar-refractivity contribution is 5.83. The fourth-order valence-electron chi connectivity index (χ4n) is 1.25. The van der Waals surface area contributed by atoms with E-state index in [4.69, 9.17) is 18.9 Å². The summed E-state index contributed by atoms with van der Waals surface area (Å²) in [5.41, 5.74) is -1.78. The number of carbonyl (C=O) groups excluding carboxylic acids is 4. The van der Waals surface area contributed by atoms with E-state index < -0.39 is 49.3 Å². The summed E-state index contributed by atoms with van der Waals surface area (Å²) in [7, 11) is 0. The van der Waals surface area contributed by atoms with Gasteiger partial charge in [-0.15, -0.1) is 0 Å². The van der Waals surface area contributed by atoms with E-state index in [0.717, 1.165) is 24.3 Å². The highest BCUT2D eigenvalue weighted by Gasteiger charge is 2.39. The summed E-state index contributed by atoms with van der Waals surface area (Å²) < 4.78 is 19.6. The van der Waals surface area contributed by atoms with Crippen molar-refractivity contribution in [1.29, 1.82) is 0 Å². The van der Waals surface area contributed by atoms with Gasteiger partial charge >= 0.3 is 23.9 Å². The lowest BCUT2D eigenvalue weighted by Gasteiger charge is -2.31. The molecule has 0 unspecified atom stereocenters. The first-order valence-electron chi connectivity index (χ1n) is 6.55. The predicted molar refractivity (Wildman–Crippen MR) is 82.5 cm³/mol. The Balaban J connectivity index is 5.39. The second-order valence-electron chi connectivity index (χ2n) is 4.24. The Bertz CT molecular complexity index is 486. The summed E-state index contributed by atoms with van der Waals surface area (Å²) >= 11 is 0. The third-order valence-electron chi connectivity index (χ3n) is 2.42. The van der Waals surface area contributed by atoms with Gasteiger partial charge in [-0.05, 0) is 0 Å². The van der Waals surface area contributed by atoms with E-state index in [-0.39, 0.29) is 0 Å². The lowest BCUT2D eigenvalue weighted by atomic mass is 10.1. The van der Waals surface area contributed by atoms with Gasteiger partial charge in [-0.3, -0.25) is 0 Å². The quantitative estimate of drug-likeness (QED) is 0.307. The maximum atomic E-state index is 11.5. The Morgan fingerprint density at radius 1 is 0.625 bits per heavy atom. The molecule has 0 aliphatic heterocycles. The highest BCUT2D eigenvalue weighted by Crippen LogP contribution is 2.16. The second kappa shape index (κ2) is 10.5. The van der Waals surface area contributed by atoms with E-state index >= 15 is 0 Å². The highest BCUT2D eigenvalue weighted by atomic mass is 16.6. The van der Waals surface area contributed by atoms with Gasteiger partial charge in [0.1, 0.15) is 19.8 Å². The van der Waals surface area contributed by atoms with Crippen molar-refractivity contribution in [2.45, 2.75) is 5.60 Å². The van der Waals surface area contributed by atoms with Gasteiger partial charge in [0.05, 0.1) is 0 Å². The van der Waals surface area contributed by atoms with Gasteiger partial charge in [0.25, 0.3) is 0 Å². The van der Waals surface area contributed by atoms with Crippen molar-refractivity contribution in [3.63, 3.8) is 0 Å². The van der Waals surface area contributed by atoms with Crippen LogP contribution in [0.3, 0.4) is 0 Å². The zero-order valence-corrected chi connectivity index (χ0v) is 13.0. The molecule has 0 aromatic heterocycles. The minimum Gasteiger partial charge on any atom is -0.458 e. The third kappa shape index (κ3) is 7.74. The van der Waals surface area contributed by atoms with Gasteiger partial charge in [0.2, 0.25) is 5.60 Å². The molecule has 0 aliphatic carbocycles. The van der Waals surface area contributed by atoms with Crippen molar-refractivity contribution in [3.05, 3.63) is 50.6 Å². The molecule has 0 rings (SSSR count). The topological polar surface area (TPSA) is 105 Å². The third-order valence-corrected chi connectivity index (χ3v) is 2.42. The van der Waals surface area contributed by atoms with Crippen molar-refractivity contribution in [2.75, 3.05) is 19.8 Å². The number of carbonyl (C=O) groups is 4. The van der Waals surface area contributed by atoms with E-state index in [2.05, 4.69) is 26.3 Å². The molecule has 0 atom stereocenters. The summed E-state index contributed by atoms with van der Waals surface area (Å²) in [5, 5.41) is 0. The Morgan fingerprint density at radius 3 is 1.17 bits per heavy atom. The molecule has 0 N–H and O–H groups in total. The van der Waals surface area contributed by atoms with Crippen LogP contribution in [-0.4, -0.2) is 49.3 Å². The minimum atomic E-state index is -1.78. The monoisotopic (exact) mass is 338 g/mol. The van der Waals surface area contributed by atoms with E-state index in [1.165, 1.54) is 0 Å². The van der Waals surface area contributed by atoms with Gasteiger partial charge in [-0.25, -0.2) is 19.2 Å². The number of esters is 4. The molecule has 0 spiro atoms. The standard InChI is InChI=1S/C16H18O8/c1-5-12(17)21-9-16(24-15(20)8-4,10-22-13(18)6-2)11-23-14(19)7-3/h5-8H,1-4,9-11H2. The van der Waals surface area contributed by atoms with Gasteiger partial charge in [0.15, 0.2) is 0 Å². The van der Waals surface area contributed by atoms with Crippen molar-refractivity contribution >= 4 is 23.9 Å². The summed E-state index contributed by atoms with van der Waals surface area (Å²) in [6, 6.07) is 0. The van der Waals surface area contributed by atoms with E-state index in [1.54, 1.807) is 0 Å². The van der Waals surface area contributed by atoms with Gasteiger partial charge < -0.3 is 18.9 Å². The molecule has 0 saturated heterocycles. The molecule has 0 heterocycles. The molecule has 0 saturated carbocycles. The Kier molecular flexibility index (Phi) is 9.16. The smallest absolute Gasteiger partial charge is 0.331 e. The average Bonchev–Trinajstić information content (AvgIpc) is 2.61. The number of hydrogen-bond donors (Lipinski definition) is 0. The zero-order chi connectivity index (χ0) is 18.6. The molecule has 0 bridgehead atoms. The van der Waals surface area contributed by atoms with Crippen molar-refractivity contribution < 1.29 is 38.1 Å². The zero-order valence-electron chi connectivity index (χ0n) is 13.0. The summed E-state index contributed by atoms with van der Waals surface area (Å²) in [5.74, 6) is -3.37. The summed E-state index contributed by atoms with van der Waals surface area (Å²) in [4.78, 5) is 45.3. The van der Waals surface area contributed by atoms with E-state index in [9.17, 15) is 19.2 Å². The van der Waals surface area contributed by atoms with Crippen molar-refractivity contribution in [2.24, 2.45) is 0 Å². The van der Waals surface area contributed by atoms with Crippen LogP contribution < -0.4 is 0 Å². The van der Waals surface area contributed by atoms with Gasteiger partial charge in [-0.2, -0.15) is 0 Å². The SMILES string of the molecule is C=CC(=O)OCC(COC(=O)C=C)(COC(=O)C=C)OC(=O)C=C. The van der Waals surface area contributed by atoms with Crippen LogP contribution in [0.1, 0.15) is 0 Å². The molecule has 0 fully saturated rings. The van der Waals surface area contributed by atoms with Crippen LogP contribution >= 0.6 is 0 Å². The molecule has 0 aromatic rings. The van der Waals surface area contributed by atoms with E-state index in [0.29, 0.717) is 0 Å². The fourth-order valence-corrected chi connectivity index (χ4v) is 1.25. The van der Waals surface area contributed by atoms with Gasteiger partial charge in [-0.1, -0.05) is 26.3 Å². The molecule has 24 heavy (non-hydrogen) atoms. The Hall–Kier alpha value is -3.16. The average molecular weight is 338 g/mol. The van der Waals surface area contributed by atoms with Crippen molar-refractivity contribution in [1.82, 2.24) is 0 Å². The number of hydrogen-bond acceptors (Lipinski definition) is 8. The summed E-state index contributed by atoms with van der Waals surface area (Å²) in [6.45, 7) is 11.2.